The van der Waals surface area contributed by atoms with Crippen LogP contribution >= 0.6 is 23.2 Å². The van der Waals surface area contributed by atoms with Crippen LogP contribution in [0.4, 0.5) is 0 Å². The minimum absolute atomic E-state index is 0.304. The van der Waals surface area contributed by atoms with E-state index in [0.717, 1.165) is 11.1 Å². The summed E-state index contributed by atoms with van der Waals surface area (Å²) in [5.41, 5.74) is 2.44. The molecule has 2 rings (SSSR count). The van der Waals surface area contributed by atoms with Crippen LogP contribution in [-0.2, 0) is 21.4 Å². The van der Waals surface area contributed by atoms with Gasteiger partial charge in [0, 0.05) is 32.2 Å². The van der Waals surface area contributed by atoms with Crippen LogP contribution in [0, 0.1) is 0 Å². The van der Waals surface area contributed by atoms with Crippen LogP contribution in [0.3, 0.4) is 0 Å². The fraction of sp³-hybridized carbons (Fsp3) is 0.188. The summed E-state index contributed by atoms with van der Waals surface area (Å²) in [6.07, 6.45) is 0. The molecule has 0 spiro atoms. The highest BCUT2D eigenvalue weighted by Gasteiger charge is 2.11. The van der Waals surface area contributed by atoms with Crippen molar-refractivity contribution >= 4 is 39.7 Å². The van der Waals surface area contributed by atoms with Crippen LogP contribution < -0.4 is 0 Å². The van der Waals surface area contributed by atoms with Gasteiger partial charge in [-0.3, -0.25) is 4.21 Å². The molecule has 0 aliphatic heterocycles. The molecular formula is C16H15Cl2NO2S. The summed E-state index contributed by atoms with van der Waals surface area (Å²) in [6, 6.07) is 14.5. The quantitative estimate of drug-likeness (QED) is 0.572. The number of benzene rings is 2. The second-order valence-corrected chi connectivity index (χ2v) is 6.91. The molecule has 6 heteroatoms. The van der Waals surface area contributed by atoms with Crippen molar-refractivity contribution in [3.8, 4) is 0 Å². The molecule has 1 atom stereocenters. The molecule has 3 nitrogen and oxygen atoms in total. The van der Waals surface area contributed by atoms with Gasteiger partial charge in [-0.25, -0.2) is 0 Å². The van der Waals surface area contributed by atoms with Crippen molar-refractivity contribution in [2.45, 2.75) is 5.75 Å². The van der Waals surface area contributed by atoms with Gasteiger partial charge < -0.3 is 4.84 Å². The Morgan fingerprint density at radius 1 is 1.05 bits per heavy atom. The first kappa shape index (κ1) is 17.0. The predicted molar refractivity (Wildman–Crippen MR) is 93.2 cm³/mol. The lowest BCUT2D eigenvalue weighted by molar-refractivity contribution is 0.213. The second kappa shape index (κ2) is 8.32. The molecule has 0 aliphatic carbocycles. The van der Waals surface area contributed by atoms with E-state index >= 15 is 0 Å². The van der Waals surface area contributed by atoms with Crippen LogP contribution in [0.5, 0.6) is 0 Å². The summed E-state index contributed by atoms with van der Waals surface area (Å²) < 4.78 is 12.3. The SMILES string of the molecule is CON=C(CS(=O)Cc1ccc(Cl)cc1)c1ccc(Cl)cc1. The van der Waals surface area contributed by atoms with Crippen LogP contribution in [0.25, 0.3) is 0 Å². The lowest BCUT2D eigenvalue weighted by Crippen LogP contribution is -2.14. The van der Waals surface area contributed by atoms with Gasteiger partial charge in [-0.2, -0.15) is 0 Å². The monoisotopic (exact) mass is 355 g/mol. The Balaban J connectivity index is 2.07. The van der Waals surface area contributed by atoms with E-state index in [-0.39, 0.29) is 0 Å². The average Bonchev–Trinajstić information content (AvgIpc) is 2.50. The molecule has 0 bridgehead atoms. The maximum atomic E-state index is 12.3. The average molecular weight is 356 g/mol. The van der Waals surface area contributed by atoms with Gasteiger partial charge >= 0.3 is 0 Å². The fourth-order valence-electron chi connectivity index (χ4n) is 1.88. The fourth-order valence-corrected chi connectivity index (χ4v) is 3.33. The molecule has 0 heterocycles. The Morgan fingerprint density at radius 2 is 1.59 bits per heavy atom. The van der Waals surface area contributed by atoms with E-state index in [1.807, 2.05) is 24.3 Å². The number of halogens is 2. The molecule has 22 heavy (non-hydrogen) atoms. The Labute approximate surface area is 142 Å². The first-order valence-electron chi connectivity index (χ1n) is 6.54. The van der Waals surface area contributed by atoms with Gasteiger partial charge in [0.25, 0.3) is 0 Å². The Hall–Kier alpha value is -1.36. The van der Waals surface area contributed by atoms with E-state index in [0.29, 0.717) is 27.3 Å². The van der Waals surface area contributed by atoms with E-state index in [9.17, 15) is 4.21 Å². The molecule has 0 saturated heterocycles. The van der Waals surface area contributed by atoms with Gasteiger partial charge in [0.2, 0.25) is 0 Å². The van der Waals surface area contributed by atoms with Gasteiger partial charge in [0.05, 0.1) is 11.5 Å². The van der Waals surface area contributed by atoms with Gasteiger partial charge in [-0.1, -0.05) is 52.6 Å². The molecule has 0 N–H and O–H groups in total. The highest BCUT2D eigenvalue weighted by molar-refractivity contribution is 7.85. The van der Waals surface area contributed by atoms with Crippen molar-refractivity contribution in [1.82, 2.24) is 0 Å². The van der Waals surface area contributed by atoms with Crippen LogP contribution in [-0.4, -0.2) is 22.8 Å². The van der Waals surface area contributed by atoms with Crippen molar-refractivity contribution < 1.29 is 9.05 Å². The summed E-state index contributed by atoms with van der Waals surface area (Å²) in [5.74, 6) is 0.742. The topological polar surface area (TPSA) is 38.7 Å². The normalized spacial score (nSPS) is 13.0. The number of nitrogens with zero attached hydrogens (tertiary/aromatic N) is 1. The lowest BCUT2D eigenvalue weighted by atomic mass is 10.1. The zero-order valence-corrected chi connectivity index (χ0v) is 14.3. The highest BCUT2D eigenvalue weighted by Crippen LogP contribution is 2.14. The van der Waals surface area contributed by atoms with E-state index in [1.165, 1.54) is 7.11 Å². The minimum atomic E-state index is -1.10. The standard InChI is InChI=1S/C16H15Cl2NO2S/c1-21-19-16(13-4-8-15(18)9-5-13)11-22(20)10-12-2-6-14(17)7-3-12/h2-9H,10-11H2,1H3. The largest absolute Gasteiger partial charge is 0.399 e. The summed E-state index contributed by atoms with van der Waals surface area (Å²) >= 11 is 11.7. The molecule has 0 aliphatic rings. The Morgan fingerprint density at radius 3 is 2.14 bits per heavy atom. The third kappa shape index (κ3) is 5.13. The second-order valence-electron chi connectivity index (χ2n) is 4.58. The van der Waals surface area contributed by atoms with E-state index in [4.69, 9.17) is 28.0 Å². The summed E-state index contributed by atoms with van der Waals surface area (Å²) in [7, 11) is 0.368. The molecule has 0 amide bonds. The number of rotatable bonds is 6. The van der Waals surface area contributed by atoms with Gasteiger partial charge in [-0.05, 0) is 29.8 Å². The third-order valence-electron chi connectivity index (χ3n) is 2.92. The van der Waals surface area contributed by atoms with Gasteiger partial charge in [0.15, 0.2) is 0 Å². The first-order valence-corrected chi connectivity index (χ1v) is 8.78. The lowest BCUT2D eigenvalue weighted by Gasteiger charge is -2.07. The molecule has 2 aromatic rings. The predicted octanol–water partition coefficient (Wildman–Crippen LogP) is 4.29. The molecule has 116 valence electrons. The highest BCUT2D eigenvalue weighted by atomic mass is 35.5. The molecule has 1 unspecified atom stereocenters. The zero-order chi connectivity index (χ0) is 15.9. The van der Waals surface area contributed by atoms with Crippen LogP contribution in [0.1, 0.15) is 11.1 Å². The smallest absolute Gasteiger partial charge is 0.106 e. The van der Waals surface area contributed by atoms with Gasteiger partial charge in [0.1, 0.15) is 7.11 Å². The molecule has 0 fully saturated rings. The van der Waals surface area contributed by atoms with Crippen molar-refractivity contribution in [1.29, 1.82) is 0 Å². The summed E-state index contributed by atoms with van der Waals surface area (Å²) in [4.78, 5) is 4.86. The van der Waals surface area contributed by atoms with E-state index < -0.39 is 10.8 Å². The van der Waals surface area contributed by atoms with E-state index in [2.05, 4.69) is 5.16 Å². The maximum Gasteiger partial charge on any atom is 0.106 e. The summed E-state index contributed by atoms with van der Waals surface area (Å²) in [5, 5.41) is 5.28. The molecular weight excluding hydrogens is 341 g/mol. The minimum Gasteiger partial charge on any atom is -0.399 e. The van der Waals surface area contributed by atoms with Crippen LogP contribution in [0.15, 0.2) is 53.7 Å². The van der Waals surface area contributed by atoms with Gasteiger partial charge in [-0.15, -0.1) is 0 Å². The molecule has 0 radical (unpaired) electrons. The first-order chi connectivity index (χ1) is 10.6. The number of hydrogen-bond donors (Lipinski definition) is 0. The zero-order valence-electron chi connectivity index (χ0n) is 12.0. The molecule has 2 aromatic carbocycles. The molecule has 0 saturated carbocycles. The Bertz CT molecular complexity index is 670. The maximum absolute atomic E-state index is 12.3. The van der Waals surface area contributed by atoms with E-state index in [1.54, 1.807) is 24.3 Å². The molecule has 0 aromatic heterocycles. The van der Waals surface area contributed by atoms with Crippen molar-refractivity contribution in [3.05, 3.63) is 69.7 Å². The number of hydrogen-bond acceptors (Lipinski definition) is 3. The van der Waals surface area contributed by atoms with Crippen molar-refractivity contribution in [3.63, 3.8) is 0 Å². The van der Waals surface area contributed by atoms with Crippen molar-refractivity contribution in [2.75, 3.05) is 12.9 Å². The van der Waals surface area contributed by atoms with Crippen molar-refractivity contribution in [2.24, 2.45) is 5.16 Å². The number of oxime groups is 1. The van der Waals surface area contributed by atoms with Crippen LogP contribution in [0.2, 0.25) is 10.0 Å². The summed E-state index contributed by atoms with van der Waals surface area (Å²) in [6.45, 7) is 0. The Kier molecular flexibility index (Phi) is 6.43. The third-order valence-corrected chi connectivity index (χ3v) is 4.67.